The summed E-state index contributed by atoms with van der Waals surface area (Å²) in [6.45, 7) is 1.74. The Hall–Kier alpha value is -2.40. The molecule has 3 aromatic rings. The van der Waals surface area contributed by atoms with Crippen LogP contribution in [0, 0.1) is 6.92 Å². The topological polar surface area (TPSA) is 65.1 Å². The van der Waals surface area contributed by atoms with Crippen LogP contribution in [0.2, 0.25) is 0 Å². The van der Waals surface area contributed by atoms with E-state index in [-0.39, 0.29) is 5.91 Å². The number of nitrogens with two attached hydrogens (primary N) is 1. The molecule has 0 spiro atoms. The molecule has 20 heavy (non-hydrogen) atoms. The number of para-hydroxylation sites is 1. The standard InChI is InChI=1S/C15H12N2O2S/c1-9-13(14(16)18)10-5-2-3-6-11(10)17(9)15(19)12-7-4-8-20-12/h2-8H,1H3,(H2,16,18). The number of primary amides is 1. The van der Waals surface area contributed by atoms with Crippen molar-refractivity contribution < 1.29 is 9.59 Å². The Morgan fingerprint density at radius 3 is 2.55 bits per heavy atom. The maximum absolute atomic E-state index is 12.6. The Bertz CT molecular complexity index is 816. The van der Waals surface area contributed by atoms with Crippen LogP contribution in [0.3, 0.4) is 0 Å². The Morgan fingerprint density at radius 2 is 1.90 bits per heavy atom. The second-order valence-electron chi connectivity index (χ2n) is 4.46. The number of hydrogen-bond donors (Lipinski definition) is 1. The van der Waals surface area contributed by atoms with E-state index < -0.39 is 5.91 Å². The van der Waals surface area contributed by atoms with Gasteiger partial charge in [-0.1, -0.05) is 24.3 Å². The number of hydrogen-bond acceptors (Lipinski definition) is 3. The van der Waals surface area contributed by atoms with Crippen molar-refractivity contribution >= 4 is 34.1 Å². The number of rotatable bonds is 2. The van der Waals surface area contributed by atoms with Crippen LogP contribution < -0.4 is 5.73 Å². The van der Waals surface area contributed by atoms with Crippen LogP contribution in [-0.4, -0.2) is 16.4 Å². The molecule has 2 heterocycles. The average Bonchev–Trinajstić information content (AvgIpc) is 3.02. The highest BCUT2D eigenvalue weighted by molar-refractivity contribution is 7.12. The Morgan fingerprint density at radius 1 is 1.15 bits per heavy atom. The molecule has 0 bridgehead atoms. The molecular weight excluding hydrogens is 272 g/mol. The molecule has 0 saturated heterocycles. The van der Waals surface area contributed by atoms with Crippen molar-refractivity contribution in [2.75, 3.05) is 0 Å². The van der Waals surface area contributed by atoms with Gasteiger partial charge in [-0.25, -0.2) is 0 Å². The lowest BCUT2D eigenvalue weighted by Gasteiger charge is -2.05. The van der Waals surface area contributed by atoms with Crippen molar-refractivity contribution in [3.8, 4) is 0 Å². The van der Waals surface area contributed by atoms with E-state index in [1.807, 2.05) is 29.6 Å². The molecule has 0 unspecified atom stereocenters. The van der Waals surface area contributed by atoms with E-state index in [1.54, 1.807) is 23.6 Å². The second-order valence-corrected chi connectivity index (χ2v) is 5.41. The summed E-state index contributed by atoms with van der Waals surface area (Å²) in [5, 5.41) is 2.56. The van der Waals surface area contributed by atoms with E-state index in [4.69, 9.17) is 5.73 Å². The Labute approximate surface area is 119 Å². The molecule has 0 aliphatic rings. The maximum Gasteiger partial charge on any atom is 0.272 e. The molecule has 0 radical (unpaired) electrons. The first-order valence-electron chi connectivity index (χ1n) is 6.09. The van der Waals surface area contributed by atoms with Gasteiger partial charge in [-0.05, 0) is 24.4 Å². The molecule has 0 aliphatic carbocycles. The third-order valence-electron chi connectivity index (χ3n) is 3.29. The molecule has 2 N–H and O–H groups in total. The number of amides is 1. The minimum absolute atomic E-state index is 0.138. The molecule has 0 atom stereocenters. The Balaban J connectivity index is 2.34. The fourth-order valence-electron chi connectivity index (χ4n) is 2.45. The molecule has 0 saturated carbocycles. The predicted octanol–water partition coefficient (Wildman–Crippen LogP) is 2.80. The average molecular weight is 284 g/mol. The third-order valence-corrected chi connectivity index (χ3v) is 4.15. The van der Waals surface area contributed by atoms with Crippen molar-refractivity contribution in [2.24, 2.45) is 5.73 Å². The first kappa shape index (κ1) is 12.6. The van der Waals surface area contributed by atoms with Gasteiger partial charge in [0.25, 0.3) is 11.8 Å². The van der Waals surface area contributed by atoms with E-state index in [1.165, 1.54) is 11.3 Å². The van der Waals surface area contributed by atoms with Gasteiger partial charge in [0, 0.05) is 11.1 Å². The van der Waals surface area contributed by atoms with Crippen molar-refractivity contribution in [2.45, 2.75) is 6.92 Å². The lowest BCUT2D eigenvalue weighted by atomic mass is 10.1. The highest BCUT2D eigenvalue weighted by Gasteiger charge is 2.22. The number of nitrogens with zero attached hydrogens (tertiary/aromatic N) is 1. The fourth-order valence-corrected chi connectivity index (χ4v) is 3.10. The highest BCUT2D eigenvalue weighted by atomic mass is 32.1. The molecule has 4 nitrogen and oxygen atoms in total. The Kier molecular flexibility index (Phi) is 2.91. The SMILES string of the molecule is Cc1c(C(N)=O)c2ccccc2n1C(=O)c1cccs1. The molecule has 100 valence electrons. The van der Waals surface area contributed by atoms with E-state index >= 15 is 0 Å². The number of carbonyl (C=O) groups excluding carboxylic acids is 2. The summed E-state index contributed by atoms with van der Waals surface area (Å²) in [6, 6.07) is 10.9. The number of benzene rings is 1. The van der Waals surface area contributed by atoms with Crippen LogP contribution in [0.25, 0.3) is 10.9 Å². The van der Waals surface area contributed by atoms with E-state index in [9.17, 15) is 9.59 Å². The van der Waals surface area contributed by atoms with E-state index in [0.29, 0.717) is 27.0 Å². The van der Waals surface area contributed by atoms with Gasteiger partial charge >= 0.3 is 0 Å². The lowest BCUT2D eigenvalue weighted by Crippen LogP contribution is -2.16. The van der Waals surface area contributed by atoms with Gasteiger partial charge in [0.1, 0.15) is 0 Å². The number of thiophene rings is 1. The second kappa shape index (κ2) is 4.61. The quantitative estimate of drug-likeness (QED) is 0.786. The van der Waals surface area contributed by atoms with Crippen LogP contribution in [0.5, 0.6) is 0 Å². The summed E-state index contributed by atoms with van der Waals surface area (Å²) in [4.78, 5) is 24.9. The molecule has 1 amide bonds. The van der Waals surface area contributed by atoms with Crippen molar-refractivity contribution in [3.63, 3.8) is 0 Å². The van der Waals surface area contributed by atoms with Gasteiger partial charge in [-0.2, -0.15) is 0 Å². The van der Waals surface area contributed by atoms with Crippen molar-refractivity contribution in [3.05, 3.63) is 57.9 Å². The summed E-state index contributed by atoms with van der Waals surface area (Å²) in [5.74, 6) is -0.655. The summed E-state index contributed by atoms with van der Waals surface area (Å²) >= 11 is 1.37. The maximum atomic E-state index is 12.6. The zero-order valence-corrected chi connectivity index (χ0v) is 11.6. The first-order valence-corrected chi connectivity index (χ1v) is 6.97. The normalized spacial score (nSPS) is 10.8. The van der Waals surface area contributed by atoms with Gasteiger partial charge in [0.05, 0.1) is 16.0 Å². The zero-order valence-electron chi connectivity index (χ0n) is 10.8. The first-order chi connectivity index (χ1) is 9.61. The third kappa shape index (κ3) is 1.75. The molecule has 0 fully saturated rings. The summed E-state index contributed by atoms with van der Waals surface area (Å²) in [7, 11) is 0. The van der Waals surface area contributed by atoms with Gasteiger partial charge in [-0.3, -0.25) is 14.2 Å². The van der Waals surface area contributed by atoms with Crippen LogP contribution >= 0.6 is 11.3 Å². The number of fused-ring (bicyclic) bond motifs is 1. The zero-order chi connectivity index (χ0) is 14.3. The van der Waals surface area contributed by atoms with E-state index in [0.717, 1.165) is 0 Å². The monoisotopic (exact) mass is 284 g/mol. The van der Waals surface area contributed by atoms with Crippen LogP contribution in [0.1, 0.15) is 25.7 Å². The van der Waals surface area contributed by atoms with Crippen molar-refractivity contribution in [1.29, 1.82) is 0 Å². The molecular formula is C15H12N2O2S. The molecule has 1 aromatic carbocycles. The smallest absolute Gasteiger partial charge is 0.272 e. The van der Waals surface area contributed by atoms with Crippen LogP contribution in [-0.2, 0) is 0 Å². The molecule has 2 aromatic heterocycles. The number of carbonyl (C=O) groups is 2. The molecule has 0 aliphatic heterocycles. The summed E-state index contributed by atoms with van der Waals surface area (Å²) in [5.41, 5.74) is 7.15. The van der Waals surface area contributed by atoms with Gasteiger partial charge in [-0.15, -0.1) is 11.3 Å². The lowest BCUT2D eigenvalue weighted by molar-refractivity contribution is 0.0967. The minimum atomic E-state index is -0.517. The van der Waals surface area contributed by atoms with Gasteiger partial charge in [0.15, 0.2) is 0 Å². The molecule has 3 rings (SSSR count). The van der Waals surface area contributed by atoms with Crippen LogP contribution in [0.4, 0.5) is 0 Å². The largest absolute Gasteiger partial charge is 0.366 e. The molecule has 5 heteroatoms. The highest BCUT2D eigenvalue weighted by Crippen LogP contribution is 2.27. The van der Waals surface area contributed by atoms with Crippen LogP contribution in [0.15, 0.2) is 41.8 Å². The minimum Gasteiger partial charge on any atom is -0.366 e. The van der Waals surface area contributed by atoms with Gasteiger partial charge in [0.2, 0.25) is 0 Å². The predicted molar refractivity (Wildman–Crippen MR) is 79.2 cm³/mol. The summed E-state index contributed by atoms with van der Waals surface area (Å²) < 4.78 is 1.56. The number of aromatic nitrogens is 1. The van der Waals surface area contributed by atoms with E-state index in [2.05, 4.69) is 0 Å². The summed E-state index contributed by atoms with van der Waals surface area (Å²) in [6.07, 6.45) is 0. The van der Waals surface area contributed by atoms with Gasteiger partial charge < -0.3 is 5.73 Å². The van der Waals surface area contributed by atoms with Crippen molar-refractivity contribution in [1.82, 2.24) is 4.57 Å². The fraction of sp³-hybridized carbons (Fsp3) is 0.0667.